The van der Waals surface area contributed by atoms with E-state index in [0.717, 1.165) is 24.1 Å². The number of hydrogen-bond donors (Lipinski definition) is 0. The number of methoxy groups -OCH3 is 1. The standard InChI is InChI=1S/C19H25N3O4/c1-26-14-19(25)21-10-4-9-20(11-12-21)18(24)13-22-16-6-3-2-5-15(16)7-8-17(22)23/h2-3,5-6H,4,7-14H2,1H3. The van der Waals surface area contributed by atoms with Gasteiger partial charge in [0.15, 0.2) is 0 Å². The van der Waals surface area contributed by atoms with Gasteiger partial charge in [-0.2, -0.15) is 0 Å². The number of para-hydroxylation sites is 1. The summed E-state index contributed by atoms with van der Waals surface area (Å²) in [5.74, 6) is -0.137. The molecule has 3 amide bonds. The lowest BCUT2D eigenvalue weighted by atomic mass is 10.0. The molecule has 0 aliphatic carbocycles. The Morgan fingerprint density at radius 1 is 1.00 bits per heavy atom. The van der Waals surface area contributed by atoms with Gasteiger partial charge in [-0.3, -0.25) is 14.4 Å². The van der Waals surface area contributed by atoms with Crippen molar-refractivity contribution < 1.29 is 19.1 Å². The summed E-state index contributed by atoms with van der Waals surface area (Å²) in [5, 5.41) is 0. The van der Waals surface area contributed by atoms with Crippen LogP contribution in [0, 0.1) is 0 Å². The van der Waals surface area contributed by atoms with Crippen molar-refractivity contribution in [1.82, 2.24) is 9.80 Å². The lowest BCUT2D eigenvalue weighted by Gasteiger charge is -2.31. The summed E-state index contributed by atoms with van der Waals surface area (Å²) < 4.78 is 4.90. The van der Waals surface area contributed by atoms with Crippen LogP contribution in [-0.2, 0) is 25.5 Å². The van der Waals surface area contributed by atoms with E-state index in [1.807, 2.05) is 24.3 Å². The normalized spacial score (nSPS) is 17.7. The van der Waals surface area contributed by atoms with Gasteiger partial charge in [-0.15, -0.1) is 0 Å². The van der Waals surface area contributed by atoms with E-state index < -0.39 is 0 Å². The lowest BCUT2D eigenvalue weighted by Crippen LogP contribution is -2.46. The largest absolute Gasteiger partial charge is 0.375 e. The Kier molecular flexibility index (Phi) is 5.88. The van der Waals surface area contributed by atoms with E-state index in [0.29, 0.717) is 32.6 Å². The second kappa shape index (κ2) is 8.31. The first-order valence-electron chi connectivity index (χ1n) is 9.03. The Labute approximate surface area is 153 Å². The fourth-order valence-electron chi connectivity index (χ4n) is 3.54. The summed E-state index contributed by atoms with van der Waals surface area (Å²) >= 11 is 0. The highest BCUT2D eigenvalue weighted by molar-refractivity contribution is 6.01. The van der Waals surface area contributed by atoms with E-state index in [1.54, 1.807) is 14.7 Å². The maximum atomic E-state index is 12.8. The number of nitrogens with zero attached hydrogens (tertiary/aromatic N) is 3. The van der Waals surface area contributed by atoms with E-state index in [2.05, 4.69) is 0 Å². The molecule has 7 heteroatoms. The van der Waals surface area contributed by atoms with Gasteiger partial charge >= 0.3 is 0 Å². The maximum absolute atomic E-state index is 12.8. The summed E-state index contributed by atoms with van der Waals surface area (Å²) in [5.41, 5.74) is 1.94. The number of anilines is 1. The fraction of sp³-hybridized carbons (Fsp3) is 0.526. The molecule has 0 spiro atoms. The van der Waals surface area contributed by atoms with E-state index in [4.69, 9.17) is 4.74 Å². The molecule has 0 atom stereocenters. The first kappa shape index (κ1) is 18.4. The molecule has 7 nitrogen and oxygen atoms in total. The van der Waals surface area contributed by atoms with Crippen LogP contribution in [0.1, 0.15) is 18.4 Å². The zero-order valence-electron chi connectivity index (χ0n) is 15.1. The molecule has 1 fully saturated rings. The van der Waals surface area contributed by atoms with Crippen molar-refractivity contribution in [2.45, 2.75) is 19.3 Å². The number of carbonyl (C=O) groups is 3. The topological polar surface area (TPSA) is 70.2 Å². The van der Waals surface area contributed by atoms with Crippen LogP contribution in [0.25, 0.3) is 0 Å². The molecule has 140 valence electrons. The quantitative estimate of drug-likeness (QED) is 0.792. The summed E-state index contributed by atoms with van der Waals surface area (Å²) in [6, 6.07) is 7.74. The van der Waals surface area contributed by atoms with Gasteiger partial charge in [0, 0.05) is 45.4 Å². The third-order valence-corrected chi connectivity index (χ3v) is 4.95. The number of ether oxygens (including phenoxy) is 1. The van der Waals surface area contributed by atoms with Crippen molar-refractivity contribution in [3.05, 3.63) is 29.8 Å². The van der Waals surface area contributed by atoms with Gasteiger partial charge in [-0.25, -0.2) is 0 Å². The van der Waals surface area contributed by atoms with Gasteiger partial charge in [-0.1, -0.05) is 18.2 Å². The average Bonchev–Trinajstić information content (AvgIpc) is 2.90. The Morgan fingerprint density at radius 3 is 2.42 bits per heavy atom. The van der Waals surface area contributed by atoms with Crippen LogP contribution in [0.2, 0.25) is 0 Å². The van der Waals surface area contributed by atoms with Crippen LogP contribution in [0.4, 0.5) is 5.69 Å². The van der Waals surface area contributed by atoms with E-state index >= 15 is 0 Å². The molecule has 1 aromatic rings. The summed E-state index contributed by atoms with van der Waals surface area (Å²) in [4.78, 5) is 42.2. The molecular weight excluding hydrogens is 334 g/mol. The molecular formula is C19H25N3O4. The smallest absolute Gasteiger partial charge is 0.248 e. The van der Waals surface area contributed by atoms with Gasteiger partial charge < -0.3 is 19.4 Å². The summed E-state index contributed by atoms with van der Waals surface area (Å²) in [6.45, 7) is 2.32. The highest BCUT2D eigenvalue weighted by Gasteiger charge is 2.28. The number of fused-ring (bicyclic) bond motifs is 1. The average molecular weight is 359 g/mol. The van der Waals surface area contributed by atoms with Crippen molar-refractivity contribution in [2.24, 2.45) is 0 Å². The highest BCUT2D eigenvalue weighted by Crippen LogP contribution is 2.27. The number of carbonyl (C=O) groups excluding carboxylic acids is 3. The van der Waals surface area contributed by atoms with Crippen LogP contribution >= 0.6 is 0 Å². The Balaban J connectivity index is 1.63. The van der Waals surface area contributed by atoms with Crippen molar-refractivity contribution in [3.63, 3.8) is 0 Å². The maximum Gasteiger partial charge on any atom is 0.248 e. The molecule has 2 heterocycles. The Morgan fingerprint density at radius 2 is 1.69 bits per heavy atom. The Bertz CT molecular complexity index is 691. The molecule has 2 aliphatic heterocycles. The van der Waals surface area contributed by atoms with Crippen LogP contribution in [0.15, 0.2) is 24.3 Å². The number of aryl methyl sites for hydroxylation is 1. The molecule has 1 aromatic carbocycles. The first-order valence-corrected chi connectivity index (χ1v) is 9.03. The summed E-state index contributed by atoms with van der Waals surface area (Å²) in [7, 11) is 1.50. The minimum atomic E-state index is -0.0731. The van der Waals surface area contributed by atoms with Crippen molar-refractivity contribution in [3.8, 4) is 0 Å². The number of benzene rings is 1. The van der Waals surface area contributed by atoms with Crippen molar-refractivity contribution in [1.29, 1.82) is 0 Å². The number of hydrogen-bond acceptors (Lipinski definition) is 4. The van der Waals surface area contributed by atoms with Gasteiger partial charge in [-0.05, 0) is 24.5 Å². The second-order valence-corrected chi connectivity index (χ2v) is 6.66. The van der Waals surface area contributed by atoms with Gasteiger partial charge in [0.05, 0.1) is 0 Å². The van der Waals surface area contributed by atoms with Gasteiger partial charge in [0.1, 0.15) is 13.2 Å². The predicted octanol–water partition coefficient (Wildman–Crippen LogP) is 0.673. The van der Waals surface area contributed by atoms with E-state index in [9.17, 15) is 14.4 Å². The molecule has 0 N–H and O–H groups in total. The van der Waals surface area contributed by atoms with E-state index in [1.165, 1.54) is 7.11 Å². The van der Waals surface area contributed by atoms with Crippen LogP contribution in [-0.4, -0.2) is 74.0 Å². The zero-order chi connectivity index (χ0) is 18.5. The van der Waals surface area contributed by atoms with Crippen LogP contribution in [0.5, 0.6) is 0 Å². The van der Waals surface area contributed by atoms with Crippen molar-refractivity contribution in [2.75, 3.05) is 51.3 Å². The minimum Gasteiger partial charge on any atom is -0.375 e. The third-order valence-electron chi connectivity index (χ3n) is 4.95. The van der Waals surface area contributed by atoms with Crippen LogP contribution < -0.4 is 4.90 Å². The predicted molar refractivity (Wildman–Crippen MR) is 96.8 cm³/mol. The molecule has 0 aromatic heterocycles. The van der Waals surface area contributed by atoms with Crippen molar-refractivity contribution >= 4 is 23.4 Å². The van der Waals surface area contributed by atoms with Gasteiger partial charge in [0.25, 0.3) is 0 Å². The lowest BCUT2D eigenvalue weighted by molar-refractivity contribution is -0.136. The monoisotopic (exact) mass is 359 g/mol. The third kappa shape index (κ3) is 4.04. The minimum absolute atomic E-state index is 0.0104. The fourth-order valence-corrected chi connectivity index (χ4v) is 3.54. The molecule has 0 bridgehead atoms. The number of rotatable bonds is 4. The van der Waals surface area contributed by atoms with E-state index in [-0.39, 0.29) is 30.9 Å². The summed E-state index contributed by atoms with van der Waals surface area (Å²) in [6.07, 6.45) is 1.88. The molecule has 0 saturated carbocycles. The van der Waals surface area contributed by atoms with Gasteiger partial charge in [0.2, 0.25) is 17.7 Å². The molecule has 0 unspecified atom stereocenters. The molecule has 2 aliphatic rings. The SMILES string of the molecule is COCC(=O)N1CCCN(C(=O)CN2C(=O)CCc3ccccc32)CC1. The molecule has 26 heavy (non-hydrogen) atoms. The highest BCUT2D eigenvalue weighted by atomic mass is 16.5. The molecule has 0 radical (unpaired) electrons. The second-order valence-electron chi connectivity index (χ2n) is 6.66. The molecule has 1 saturated heterocycles. The molecule has 3 rings (SSSR count). The number of amides is 3. The first-order chi connectivity index (χ1) is 12.6. The zero-order valence-corrected chi connectivity index (χ0v) is 15.1. The Hall–Kier alpha value is -2.41. The van der Waals surface area contributed by atoms with Crippen LogP contribution in [0.3, 0.4) is 0 Å².